The molecule has 1 aliphatic rings. The molecule has 0 radical (unpaired) electrons. The topological polar surface area (TPSA) is 75.8 Å². The minimum atomic E-state index is -0.680. The molecular formula is C8H16N2O3. The van der Waals surface area contributed by atoms with Gasteiger partial charge in [0, 0.05) is 12.1 Å². The fourth-order valence-electron chi connectivity index (χ4n) is 1.35. The summed E-state index contributed by atoms with van der Waals surface area (Å²) in [6.07, 6.45) is -0.501. The van der Waals surface area contributed by atoms with Crippen LogP contribution in [0.4, 0.5) is 4.79 Å². The number of aliphatic hydroxyl groups excluding tert-OH is 1. The summed E-state index contributed by atoms with van der Waals surface area (Å²) < 4.78 is 4.54. The minimum Gasteiger partial charge on any atom is -0.453 e. The number of likely N-dealkylation sites (tertiary alicyclic amines) is 1. The number of rotatable bonds is 0. The number of hydrogen-bond acceptors (Lipinski definition) is 4. The molecule has 2 atom stereocenters. The first-order valence-corrected chi connectivity index (χ1v) is 4.27. The van der Waals surface area contributed by atoms with Gasteiger partial charge in [0.15, 0.2) is 0 Å². The molecule has 1 aliphatic heterocycles. The normalized spacial score (nSPS) is 34.5. The fraction of sp³-hybridized carbons (Fsp3) is 0.875. The summed E-state index contributed by atoms with van der Waals surface area (Å²) in [6.45, 7) is 2.57. The Kier molecular flexibility index (Phi) is 2.77. The molecule has 1 rings (SSSR count). The Balaban J connectivity index is 2.56. The Morgan fingerprint density at radius 3 is 2.85 bits per heavy atom. The highest BCUT2D eigenvalue weighted by atomic mass is 16.5. The van der Waals surface area contributed by atoms with Gasteiger partial charge in [-0.2, -0.15) is 0 Å². The Hall–Kier alpha value is -0.810. The van der Waals surface area contributed by atoms with Gasteiger partial charge in [-0.05, 0) is 13.3 Å². The maximum atomic E-state index is 11.1. The van der Waals surface area contributed by atoms with Crippen molar-refractivity contribution in [1.29, 1.82) is 0 Å². The molecule has 5 heteroatoms. The zero-order chi connectivity index (χ0) is 10.1. The van der Waals surface area contributed by atoms with E-state index >= 15 is 0 Å². The monoisotopic (exact) mass is 188 g/mol. The molecule has 13 heavy (non-hydrogen) atoms. The van der Waals surface area contributed by atoms with Gasteiger partial charge in [0.05, 0.1) is 19.8 Å². The zero-order valence-electron chi connectivity index (χ0n) is 7.99. The molecule has 5 nitrogen and oxygen atoms in total. The molecule has 0 aliphatic carbocycles. The predicted octanol–water partition coefficient (Wildman–Crippen LogP) is -0.463. The predicted molar refractivity (Wildman–Crippen MR) is 47.2 cm³/mol. The van der Waals surface area contributed by atoms with Crippen LogP contribution in [0.5, 0.6) is 0 Å². The highest BCUT2D eigenvalue weighted by Crippen LogP contribution is 2.19. The van der Waals surface area contributed by atoms with Crippen LogP contribution in [0.1, 0.15) is 13.3 Å². The van der Waals surface area contributed by atoms with E-state index in [2.05, 4.69) is 4.74 Å². The molecule has 0 spiro atoms. The molecule has 0 aromatic carbocycles. The number of methoxy groups -OCH3 is 1. The fourth-order valence-corrected chi connectivity index (χ4v) is 1.35. The van der Waals surface area contributed by atoms with E-state index in [-0.39, 0.29) is 6.54 Å². The maximum absolute atomic E-state index is 11.1. The van der Waals surface area contributed by atoms with Crippen molar-refractivity contribution < 1.29 is 14.6 Å². The number of nitrogens with two attached hydrogens (primary N) is 1. The van der Waals surface area contributed by atoms with Crippen molar-refractivity contribution in [2.24, 2.45) is 5.73 Å². The quantitative estimate of drug-likeness (QED) is 0.539. The smallest absolute Gasteiger partial charge is 0.409 e. The summed E-state index contributed by atoms with van der Waals surface area (Å²) in [5, 5.41) is 9.58. The second kappa shape index (κ2) is 3.51. The van der Waals surface area contributed by atoms with Crippen LogP contribution in [-0.4, -0.2) is 47.9 Å². The van der Waals surface area contributed by atoms with Gasteiger partial charge in [-0.1, -0.05) is 0 Å². The minimum absolute atomic E-state index is 0.250. The number of carbonyl (C=O) groups excluding carboxylic acids is 1. The third-order valence-electron chi connectivity index (χ3n) is 2.51. The van der Waals surface area contributed by atoms with Crippen molar-refractivity contribution >= 4 is 6.09 Å². The van der Waals surface area contributed by atoms with Gasteiger partial charge in [-0.15, -0.1) is 0 Å². The molecule has 1 amide bonds. The number of aliphatic hydroxyl groups is 1. The van der Waals surface area contributed by atoms with Crippen molar-refractivity contribution in [3.05, 3.63) is 0 Å². The van der Waals surface area contributed by atoms with E-state index in [0.29, 0.717) is 13.0 Å². The highest BCUT2D eigenvalue weighted by molar-refractivity contribution is 5.67. The average Bonchev–Trinajstić information content (AvgIpc) is 2.08. The molecule has 0 saturated carbocycles. The lowest BCUT2D eigenvalue weighted by Crippen LogP contribution is -2.59. The Labute approximate surface area is 77.5 Å². The van der Waals surface area contributed by atoms with Crippen LogP contribution in [0, 0.1) is 0 Å². The van der Waals surface area contributed by atoms with Crippen LogP contribution in [0.2, 0.25) is 0 Å². The molecule has 0 unspecified atom stereocenters. The molecule has 1 saturated heterocycles. The number of piperidine rings is 1. The molecule has 1 heterocycles. The zero-order valence-corrected chi connectivity index (χ0v) is 7.99. The maximum Gasteiger partial charge on any atom is 0.409 e. The van der Waals surface area contributed by atoms with Gasteiger partial charge < -0.3 is 20.5 Å². The number of carbonyl (C=O) groups is 1. The van der Waals surface area contributed by atoms with E-state index < -0.39 is 17.7 Å². The largest absolute Gasteiger partial charge is 0.453 e. The Morgan fingerprint density at radius 2 is 2.38 bits per heavy atom. The number of ether oxygens (including phenoxy) is 1. The van der Waals surface area contributed by atoms with Crippen LogP contribution in [-0.2, 0) is 4.74 Å². The average molecular weight is 188 g/mol. The first kappa shape index (κ1) is 10.3. The molecule has 0 aromatic rings. The standard InChI is InChI=1S/C8H16N2O3/c1-8(9)3-4-10(5-6(8)11)7(12)13-2/h6,11H,3-5,9H2,1-2H3/t6-,8+/m0/s1. The molecule has 0 aromatic heterocycles. The van der Waals surface area contributed by atoms with Gasteiger partial charge >= 0.3 is 6.09 Å². The van der Waals surface area contributed by atoms with Crippen molar-refractivity contribution in [2.75, 3.05) is 20.2 Å². The van der Waals surface area contributed by atoms with Gasteiger partial charge in [0.2, 0.25) is 0 Å². The first-order chi connectivity index (χ1) is 5.97. The number of nitrogens with zero attached hydrogens (tertiary/aromatic N) is 1. The van der Waals surface area contributed by atoms with Crippen LogP contribution in [0.3, 0.4) is 0 Å². The van der Waals surface area contributed by atoms with Crippen molar-refractivity contribution in [2.45, 2.75) is 25.0 Å². The Bertz CT molecular complexity index is 206. The van der Waals surface area contributed by atoms with E-state index in [0.717, 1.165) is 0 Å². The summed E-state index contributed by atoms with van der Waals surface area (Å²) >= 11 is 0. The Morgan fingerprint density at radius 1 is 1.77 bits per heavy atom. The highest BCUT2D eigenvalue weighted by Gasteiger charge is 2.36. The third-order valence-corrected chi connectivity index (χ3v) is 2.51. The van der Waals surface area contributed by atoms with Gasteiger partial charge in [-0.25, -0.2) is 4.79 Å². The van der Waals surface area contributed by atoms with Gasteiger partial charge in [0.25, 0.3) is 0 Å². The third kappa shape index (κ3) is 2.10. The van der Waals surface area contributed by atoms with E-state index in [1.165, 1.54) is 12.0 Å². The first-order valence-electron chi connectivity index (χ1n) is 4.27. The van der Waals surface area contributed by atoms with Crippen LogP contribution >= 0.6 is 0 Å². The lowest BCUT2D eigenvalue weighted by atomic mass is 9.88. The second-order valence-electron chi connectivity index (χ2n) is 3.69. The van der Waals surface area contributed by atoms with Crippen LogP contribution in [0.25, 0.3) is 0 Å². The van der Waals surface area contributed by atoms with Crippen LogP contribution in [0.15, 0.2) is 0 Å². The van der Waals surface area contributed by atoms with Crippen molar-refractivity contribution in [3.63, 3.8) is 0 Å². The van der Waals surface area contributed by atoms with Gasteiger partial charge in [-0.3, -0.25) is 0 Å². The van der Waals surface area contributed by atoms with Crippen LogP contribution < -0.4 is 5.73 Å². The van der Waals surface area contributed by atoms with Crippen molar-refractivity contribution in [3.8, 4) is 0 Å². The molecule has 76 valence electrons. The lowest BCUT2D eigenvalue weighted by molar-refractivity contribution is 0.0119. The molecule has 1 fully saturated rings. The molecular weight excluding hydrogens is 172 g/mol. The summed E-state index contributed by atoms with van der Waals surface area (Å²) in [5.41, 5.74) is 5.20. The summed E-state index contributed by atoms with van der Waals surface area (Å²) in [7, 11) is 1.32. The number of amides is 1. The summed E-state index contributed by atoms with van der Waals surface area (Å²) in [4.78, 5) is 12.5. The summed E-state index contributed by atoms with van der Waals surface area (Å²) in [6, 6.07) is 0. The number of hydrogen-bond donors (Lipinski definition) is 2. The second-order valence-corrected chi connectivity index (χ2v) is 3.69. The molecule has 0 bridgehead atoms. The molecule has 3 N–H and O–H groups in total. The summed E-state index contributed by atoms with van der Waals surface area (Å²) in [5.74, 6) is 0. The van der Waals surface area contributed by atoms with Crippen molar-refractivity contribution in [1.82, 2.24) is 4.90 Å². The van der Waals surface area contributed by atoms with Gasteiger partial charge in [0.1, 0.15) is 0 Å². The van der Waals surface area contributed by atoms with E-state index in [4.69, 9.17) is 5.73 Å². The van der Waals surface area contributed by atoms with E-state index in [1.807, 2.05) is 0 Å². The SMILES string of the molecule is COC(=O)N1CC[C@@](C)(N)[C@@H](O)C1. The van der Waals surface area contributed by atoms with E-state index in [9.17, 15) is 9.90 Å². The number of β-amino-alcohol motifs (C(OH)–C–C–N with tert-alkyl or cyclic N) is 1. The van der Waals surface area contributed by atoms with E-state index in [1.54, 1.807) is 6.92 Å². The lowest BCUT2D eigenvalue weighted by Gasteiger charge is -2.40.